The maximum atomic E-state index is 12.8. The van der Waals surface area contributed by atoms with E-state index in [2.05, 4.69) is 5.32 Å². The summed E-state index contributed by atoms with van der Waals surface area (Å²) in [5, 5.41) is 14.4. The molecule has 0 spiro atoms. The fraction of sp³-hybridized carbons (Fsp3) is 0.476. The Hall–Kier alpha value is -2.67. The number of hydrogen-bond acceptors (Lipinski definition) is 4. The maximum absolute atomic E-state index is 12.8. The predicted molar refractivity (Wildman–Crippen MR) is 107 cm³/mol. The van der Waals surface area contributed by atoms with Crippen molar-refractivity contribution in [2.45, 2.75) is 57.1 Å². The Morgan fingerprint density at radius 1 is 1.18 bits per heavy atom. The molecule has 1 fully saturated rings. The number of primary amides is 1. The number of carbonyl (C=O) groups is 2. The van der Waals surface area contributed by atoms with Gasteiger partial charge in [-0.2, -0.15) is 0 Å². The minimum Gasteiger partial charge on any atom is -0.388 e. The lowest BCUT2D eigenvalue weighted by Gasteiger charge is -2.27. The van der Waals surface area contributed by atoms with Gasteiger partial charge < -0.3 is 20.7 Å². The number of aromatic nitrogens is 1. The number of rotatable bonds is 5. The highest BCUT2D eigenvalue weighted by molar-refractivity contribution is 6.06. The molecule has 1 aromatic heterocycles. The largest absolute Gasteiger partial charge is 0.388 e. The van der Waals surface area contributed by atoms with E-state index >= 15 is 0 Å². The smallest absolute Gasteiger partial charge is 0.259 e. The summed E-state index contributed by atoms with van der Waals surface area (Å²) in [7, 11) is 0. The third-order valence-corrected chi connectivity index (χ3v) is 5.66. The van der Waals surface area contributed by atoms with Crippen molar-refractivity contribution in [2.24, 2.45) is 5.73 Å². The first-order chi connectivity index (χ1) is 13.3. The molecule has 7 heteroatoms. The van der Waals surface area contributed by atoms with Crippen LogP contribution in [0.1, 0.15) is 61.8 Å². The topological polar surface area (TPSA) is 114 Å². The zero-order valence-electron chi connectivity index (χ0n) is 16.1. The highest BCUT2D eigenvalue weighted by Crippen LogP contribution is 2.26. The number of aliphatic hydroxyl groups is 1. The summed E-state index contributed by atoms with van der Waals surface area (Å²) in [6.07, 6.45) is 6.97. The third-order valence-electron chi connectivity index (χ3n) is 5.66. The molecule has 0 aliphatic heterocycles. The van der Waals surface area contributed by atoms with Crippen LogP contribution in [0.3, 0.4) is 0 Å². The van der Waals surface area contributed by atoms with Gasteiger partial charge in [-0.15, -0.1) is 0 Å². The molecule has 1 heterocycles. The second kappa shape index (κ2) is 8.14. The molecule has 1 atom stereocenters. The van der Waals surface area contributed by atoms with Crippen LogP contribution in [0.25, 0.3) is 10.8 Å². The Kier molecular flexibility index (Phi) is 5.84. The number of nitrogens with zero attached hydrogens (tertiary/aromatic N) is 1. The van der Waals surface area contributed by atoms with Crippen molar-refractivity contribution < 1.29 is 14.7 Å². The summed E-state index contributed by atoms with van der Waals surface area (Å²) in [5.41, 5.74) is 4.42. The molecular formula is C21H27N3O4. The summed E-state index contributed by atoms with van der Waals surface area (Å²) < 4.78 is 1.26. The minimum absolute atomic E-state index is 0.192. The molecule has 1 aromatic carbocycles. The third kappa shape index (κ3) is 4.09. The van der Waals surface area contributed by atoms with Crippen molar-refractivity contribution in [3.63, 3.8) is 0 Å². The summed E-state index contributed by atoms with van der Waals surface area (Å²) in [6.45, 7) is 1.75. The second-order valence-electron chi connectivity index (χ2n) is 7.69. The van der Waals surface area contributed by atoms with Crippen molar-refractivity contribution in [2.75, 3.05) is 6.54 Å². The van der Waals surface area contributed by atoms with Gasteiger partial charge in [0.05, 0.1) is 5.60 Å². The number of carbonyl (C=O) groups excluding carboxylic acids is 2. The zero-order chi connectivity index (χ0) is 20.3. The van der Waals surface area contributed by atoms with Gasteiger partial charge in [-0.3, -0.25) is 14.4 Å². The van der Waals surface area contributed by atoms with Crippen LogP contribution in [0.5, 0.6) is 0 Å². The average molecular weight is 385 g/mol. The highest BCUT2D eigenvalue weighted by Gasteiger charge is 2.28. The number of benzene rings is 1. The van der Waals surface area contributed by atoms with E-state index in [1.54, 1.807) is 31.2 Å². The van der Waals surface area contributed by atoms with Gasteiger partial charge in [-0.1, -0.05) is 31.7 Å². The van der Waals surface area contributed by atoms with Gasteiger partial charge in [-0.05, 0) is 38.0 Å². The molecule has 28 heavy (non-hydrogen) atoms. The fourth-order valence-corrected chi connectivity index (χ4v) is 3.84. The van der Waals surface area contributed by atoms with Crippen LogP contribution in [0, 0.1) is 0 Å². The van der Waals surface area contributed by atoms with Gasteiger partial charge in [0.1, 0.15) is 6.04 Å². The van der Waals surface area contributed by atoms with Crippen LogP contribution in [-0.4, -0.2) is 33.6 Å². The number of fused-ring (bicyclic) bond motifs is 1. The molecular weight excluding hydrogens is 358 g/mol. The van der Waals surface area contributed by atoms with Gasteiger partial charge in [0.2, 0.25) is 5.91 Å². The molecule has 7 nitrogen and oxygen atoms in total. The predicted octanol–water partition coefficient (Wildman–Crippen LogP) is 1.86. The summed E-state index contributed by atoms with van der Waals surface area (Å²) in [4.78, 5) is 36.9. The quantitative estimate of drug-likeness (QED) is 0.682. The minimum atomic E-state index is -0.875. The zero-order valence-corrected chi connectivity index (χ0v) is 16.1. The standard InChI is InChI=1S/C21H27N3O4/c1-14(18(22)25)24-12-9-15-16(7-6-8-17(15)20(24)27)19(26)23-13-21(28)10-4-2-3-5-11-21/h6-9,12,14,28H,2-5,10-11,13H2,1H3,(H2,22,25)(H,23,26). The number of hydrogen-bond donors (Lipinski definition) is 3. The van der Waals surface area contributed by atoms with Crippen LogP contribution in [0.15, 0.2) is 35.3 Å². The van der Waals surface area contributed by atoms with Crippen molar-refractivity contribution in [3.05, 3.63) is 46.4 Å². The van der Waals surface area contributed by atoms with Gasteiger partial charge in [-0.25, -0.2) is 0 Å². The van der Waals surface area contributed by atoms with E-state index in [1.807, 2.05) is 0 Å². The number of amides is 2. The maximum Gasteiger partial charge on any atom is 0.259 e. The molecule has 1 unspecified atom stereocenters. The molecule has 0 saturated heterocycles. The lowest BCUT2D eigenvalue weighted by atomic mass is 9.94. The van der Waals surface area contributed by atoms with E-state index in [0.717, 1.165) is 25.7 Å². The Bertz CT molecular complexity index is 942. The van der Waals surface area contributed by atoms with Gasteiger partial charge >= 0.3 is 0 Å². The normalized spacial score (nSPS) is 17.6. The average Bonchev–Trinajstić information content (AvgIpc) is 2.90. The lowest BCUT2D eigenvalue weighted by molar-refractivity contribution is -0.120. The first-order valence-electron chi connectivity index (χ1n) is 9.76. The first kappa shape index (κ1) is 20.1. The molecule has 1 aliphatic rings. The van der Waals surface area contributed by atoms with Gasteiger partial charge in [0.15, 0.2) is 0 Å². The number of nitrogens with two attached hydrogens (primary N) is 1. The molecule has 0 radical (unpaired) electrons. The molecule has 4 N–H and O–H groups in total. The SMILES string of the molecule is CC(C(N)=O)n1ccc2c(C(=O)NCC3(O)CCCCCC3)cccc2c1=O. The Morgan fingerprint density at radius 2 is 1.86 bits per heavy atom. The monoisotopic (exact) mass is 385 g/mol. The highest BCUT2D eigenvalue weighted by atomic mass is 16.3. The summed E-state index contributed by atoms with van der Waals surface area (Å²) >= 11 is 0. The van der Waals surface area contributed by atoms with E-state index in [9.17, 15) is 19.5 Å². The Morgan fingerprint density at radius 3 is 2.50 bits per heavy atom. The van der Waals surface area contributed by atoms with Crippen molar-refractivity contribution in [1.29, 1.82) is 0 Å². The molecule has 150 valence electrons. The van der Waals surface area contributed by atoms with Crippen molar-refractivity contribution in [3.8, 4) is 0 Å². The first-order valence-corrected chi connectivity index (χ1v) is 9.76. The Labute approximate surface area is 163 Å². The molecule has 1 aliphatic carbocycles. The van der Waals surface area contributed by atoms with Crippen LogP contribution in [0.2, 0.25) is 0 Å². The molecule has 2 amide bonds. The number of pyridine rings is 1. The summed E-state index contributed by atoms with van der Waals surface area (Å²) in [5.74, 6) is -0.935. The van der Waals surface area contributed by atoms with Gasteiger partial charge in [0.25, 0.3) is 11.5 Å². The van der Waals surface area contributed by atoms with E-state index in [-0.39, 0.29) is 18.0 Å². The van der Waals surface area contributed by atoms with E-state index < -0.39 is 17.6 Å². The number of nitrogens with one attached hydrogen (secondary N) is 1. The van der Waals surface area contributed by atoms with E-state index in [0.29, 0.717) is 29.2 Å². The molecule has 0 bridgehead atoms. The lowest BCUT2D eigenvalue weighted by Crippen LogP contribution is -2.42. The molecule has 3 rings (SSSR count). The van der Waals surface area contributed by atoms with Crippen LogP contribution >= 0.6 is 0 Å². The second-order valence-corrected chi connectivity index (χ2v) is 7.69. The summed E-state index contributed by atoms with van der Waals surface area (Å²) in [6, 6.07) is 5.77. The molecule has 1 saturated carbocycles. The molecule has 2 aromatic rings. The van der Waals surface area contributed by atoms with Crippen LogP contribution in [0.4, 0.5) is 0 Å². The van der Waals surface area contributed by atoms with Crippen LogP contribution < -0.4 is 16.6 Å². The Balaban J connectivity index is 1.86. The van der Waals surface area contributed by atoms with E-state index in [1.165, 1.54) is 10.8 Å². The van der Waals surface area contributed by atoms with Gasteiger partial charge in [0, 0.05) is 29.1 Å². The fourth-order valence-electron chi connectivity index (χ4n) is 3.84. The van der Waals surface area contributed by atoms with E-state index in [4.69, 9.17) is 5.73 Å². The van der Waals surface area contributed by atoms with Crippen molar-refractivity contribution in [1.82, 2.24) is 9.88 Å². The van der Waals surface area contributed by atoms with Crippen LogP contribution in [-0.2, 0) is 4.79 Å². The van der Waals surface area contributed by atoms with Crippen molar-refractivity contribution >= 4 is 22.6 Å².